The molecule has 0 saturated heterocycles. The number of benzene rings is 2. The van der Waals surface area contributed by atoms with Gasteiger partial charge in [-0.25, -0.2) is 9.97 Å². The van der Waals surface area contributed by atoms with Gasteiger partial charge in [0.15, 0.2) is 0 Å². The van der Waals surface area contributed by atoms with Crippen molar-refractivity contribution >= 4 is 11.0 Å². The highest BCUT2D eigenvalue weighted by Crippen LogP contribution is 2.28. The molecule has 4 aromatic rings. The molecule has 0 unspecified atom stereocenters. The molecular formula is C20H18N4O. The minimum atomic E-state index is 0.478. The van der Waals surface area contributed by atoms with E-state index in [4.69, 9.17) is 9.72 Å². The second-order valence-electron chi connectivity index (χ2n) is 5.84. The van der Waals surface area contributed by atoms with E-state index in [9.17, 15) is 0 Å². The monoisotopic (exact) mass is 330 g/mol. The van der Waals surface area contributed by atoms with Crippen LogP contribution in [0.1, 0.15) is 12.5 Å². The van der Waals surface area contributed by atoms with Crippen LogP contribution in [-0.4, -0.2) is 19.5 Å². The molecular weight excluding hydrogens is 312 g/mol. The van der Waals surface area contributed by atoms with E-state index in [0.717, 1.165) is 34.7 Å². The van der Waals surface area contributed by atoms with E-state index >= 15 is 0 Å². The number of hydrogen-bond acceptors (Lipinski definition) is 4. The number of hydrogen-bond donors (Lipinski definition) is 0. The molecule has 4 rings (SSSR count). The zero-order chi connectivity index (χ0) is 17.2. The highest BCUT2D eigenvalue weighted by Gasteiger charge is 2.12. The van der Waals surface area contributed by atoms with Gasteiger partial charge >= 0.3 is 0 Å². The van der Waals surface area contributed by atoms with Crippen molar-refractivity contribution in [1.29, 1.82) is 0 Å². The third-order valence-corrected chi connectivity index (χ3v) is 4.09. The summed E-state index contributed by atoms with van der Waals surface area (Å²) in [6, 6.07) is 14.2. The van der Waals surface area contributed by atoms with Gasteiger partial charge in [-0.2, -0.15) is 0 Å². The Bertz CT molecular complexity index is 1010. The van der Waals surface area contributed by atoms with E-state index < -0.39 is 0 Å². The summed E-state index contributed by atoms with van der Waals surface area (Å²) in [5, 5.41) is 0. The number of nitrogens with zero attached hydrogens (tertiary/aromatic N) is 4. The van der Waals surface area contributed by atoms with E-state index in [1.807, 2.05) is 24.3 Å². The van der Waals surface area contributed by atoms with Crippen molar-refractivity contribution in [2.24, 2.45) is 0 Å². The summed E-state index contributed by atoms with van der Waals surface area (Å²) in [6.45, 7) is 5.11. The molecule has 0 atom stereocenters. The summed E-state index contributed by atoms with van der Waals surface area (Å²) in [7, 11) is 0. The van der Waals surface area contributed by atoms with Crippen molar-refractivity contribution in [2.45, 2.75) is 20.4 Å². The van der Waals surface area contributed by atoms with Gasteiger partial charge < -0.3 is 9.30 Å². The van der Waals surface area contributed by atoms with Crippen molar-refractivity contribution < 1.29 is 4.74 Å². The largest absolute Gasteiger partial charge is 0.438 e. The molecule has 2 aromatic heterocycles. The Balaban J connectivity index is 1.69. The molecule has 5 heteroatoms. The van der Waals surface area contributed by atoms with Crippen LogP contribution in [-0.2, 0) is 6.54 Å². The van der Waals surface area contributed by atoms with Crippen LogP contribution in [0, 0.1) is 6.92 Å². The first-order chi connectivity index (χ1) is 12.2. The fraction of sp³-hybridized carbons (Fsp3) is 0.150. The Hall–Kier alpha value is -3.21. The van der Waals surface area contributed by atoms with Gasteiger partial charge in [-0.3, -0.25) is 4.98 Å². The summed E-state index contributed by atoms with van der Waals surface area (Å²) >= 11 is 0. The summed E-state index contributed by atoms with van der Waals surface area (Å²) in [5.74, 6) is 2.17. The molecule has 0 aliphatic carbocycles. The lowest BCUT2D eigenvalue weighted by Crippen LogP contribution is -1.97. The van der Waals surface area contributed by atoms with Crippen LogP contribution in [0.4, 0.5) is 0 Å². The van der Waals surface area contributed by atoms with Gasteiger partial charge in [0, 0.05) is 24.5 Å². The molecule has 0 spiro atoms. The Labute approximate surface area is 146 Å². The number of fused-ring (bicyclic) bond motifs is 1. The van der Waals surface area contributed by atoms with Crippen LogP contribution < -0.4 is 4.74 Å². The standard InChI is InChI=1S/C20H18N4O/c1-3-24-18-12-14(2)4-9-17(18)23-20(24)15-5-7-16(8-6-15)25-19-13-21-10-11-22-19/h4-13H,3H2,1-2H3. The molecule has 2 aromatic carbocycles. The van der Waals surface area contributed by atoms with Crippen LogP contribution >= 0.6 is 0 Å². The fourth-order valence-corrected chi connectivity index (χ4v) is 2.90. The number of rotatable bonds is 4. The minimum absolute atomic E-state index is 0.478. The molecule has 0 bridgehead atoms. The van der Waals surface area contributed by atoms with Crippen molar-refractivity contribution in [1.82, 2.24) is 19.5 Å². The zero-order valence-corrected chi connectivity index (χ0v) is 14.2. The molecule has 5 nitrogen and oxygen atoms in total. The van der Waals surface area contributed by atoms with Gasteiger partial charge in [0.25, 0.3) is 0 Å². The Morgan fingerprint density at radius 1 is 1.04 bits per heavy atom. The number of ether oxygens (including phenoxy) is 1. The molecule has 124 valence electrons. The molecule has 0 fully saturated rings. The van der Waals surface area contributed by atoms with Crippen LogP contribution in [0.2, 0.25) is 0 Å². The van der Waals surface area contributed by atoms with Gasteiger partial charge in [0.1, 0.15) is 11.6 Å². The maximum atomic E-state index is 5.70. The predicted molar refractivity (Wildman–Crippen MR) is 97.7 cm³/mol. The maximum absolute atomic E-state index is 5.70. The molecule has 0 N–H and O–H groups in total. The maximum Gasteiger partial charge on any atom is 0.237 e. The fourth-order valence-electron chi connectivity index (χ4n) is 2.90. The zero-order valence-electron chi connectivity index (χ0n) is 14.2. The van der Waals surface area contributed by atoms with Crippen LogP contribution in [0.25, 0.3) is 22.4 Å². The normalized spacial score (nSPS) is 11.0. The van der Waals surface area contributed by atoms with Crippen molar-refractivity contribution in [3.8, 4) is 23.0 Å². The molecule has 0 radical (unpaired) electrons. The molecule has 0 aliphatic rings. The van der Waals surface area contributed by atoms with Gasteiger partial charge in [0.05, 0.1) is 17.2 Å². The molecule has 0 saturated carbocycles. The van der Waals surface area contributed by atoms with Crippen molar-refractivity contribution in [2.75, 3.05) is 0 Å². The summed E-state index contributed by atoms with van der Waals surface area (Å²) in [6.07, 6.45) is 4.81. The van der Waals surface area contributed by atoms with Crippen molar-refractivity contribution in [3.05, 3.63) is 66.6 Å². The lowest BCUT2D eigenvalue weighted by molar-refractivity contribution is 0.460. The summed E-state index contributed by atoms with van der Waals surface area (Å²) in [4.78, 5) is 12.9. The smallest absolute Gasteiger partial charge is 0.237 e. The Morgan fingerprint density at radius 2 is 1.88 bits per heavy atom. The number of aryl methyl sites for hydroxylation is 2. The second kappa shape index (κ2) is 6.36. The van der Waals surface area contributed by atoms with Crippen molar-refractivity contribution in [3.63, 3.8) is 0 Å². The third-order valence-electron chi connectivity index (χ3n) is 4.09. The Morgan fingerprint density at radius 3 is 2.60 bits per heavy atom. The first kappa shape index (κ1) is 15.3. The van der Waals surface area contributed by atoms with Crippen LogP contribution in [0.15, 0.2) is 61.1 Å². The van der Waals surface area contributed by atoms with Crippen LogP contribution in [0.3, 0.4) is 0 Å². The van der Waals surface area contributed by atoms with Gasteiger partial charge in [-0.1, -0.05) is 6.07 Å². The highest BCUT2D eigenvalue weighted by atomic mass is 16.5. The van der Waals surface area contributed by atoms with E-state index in [0.29, 0.717) is 5.88 Å². The lowest BCUT2D eigenvalue weighted by Gasteiger charge is -2.08. The second-order valence-corrected chi connectivity index (χ2v) is 5.84. The number of aromatic nitrogens is 4. The average molecular weight is 330 g/mol. The summed E-state index contributed by atoms with van der Waals surface area (Å²) in [5.41, 5.74) is 4.48. The third kappa shape index (κ3) is 2.96. The van der Waals surface area contributed by atoms with E-state index in [-0.39, 0.29) is 0 Å². The quantitative estimate of drug-likeness (QED) is 0.548. The van der Waals surface area contributed by atoms with E-state index in [2.05, 4.69) is 46.6 Å². The molecule has 2 heterocycles. The van der Waals surface area contributed by atoms with E-state index in [1.165, 1.54) is 5.56 Å². The average Bonchev–Trinajstić information content (AvgIpc) is 3.01. The molecule has 0 aliphatic heterocycles. The lowest BCUT2D eigenvalue weighted by atomic mass is 10.2. The first-order valence-corrected chi connectivity index (χ1v) is 8.26. The predicted octanol–water partition coefficient (Wildman–Crippen LogP) is 4.61. The minimum Gasteiger partial charge on any atom is -0.438 e. The van der Waals surface area contributed by atoms with Gasteiger partial charge in [-0.05, 0) is 55.8 Å². The van der Waals surface area contributed by atoms with E-state index in [1.54, 1.807) is 18.6 Å². The summed E-state index contributed by atoms with van der Waals surface area (Å²) < 4.78 is 7.94. The topological polar surface area (TPSA) is 52.8 Å². The first-order valence-electron chi connectivity index (χ1n) is 8.26. The van der Waals surface area contributed by atoms with Gasteiger partial charge in [-0.15, -0.1) is 0 Å². The number of imidazole rings is 1. The SMILES string of the molecule is CCn1c(-c2ccc(Oc3cnccn3)cc2)nc2ccc(C)cc21. The Kier molecular flexibility index (Phi) is 3.90. The molecule has 25 heavy (non-hydrogen) atoms. The highest BCUT2D eigenvalue weighted by molar-refractivity contribution is 5.81. The van der Waals surface area contributed by atoms with Gasteiger partial charge in [0.2, 0.25) is 5.88 Å². The molecule has 0 amide bonds. The van der Waals surface area contributed by atoms with Crippen LogP contribution in [0.5, 0.6) is 11.6 Å².